The van der Waals surface area contributed by atoms with Crippen LogP contribution in [-0.2, 0) is 6.54 Å². The van der Waals surface area contributed by atoms with E-state index in [0.29, 0.717) is 12.5 Å². The van der Waals surface area contributed by atoms with Crippen molar-refractivity contribution in [3.63, 3.8) is 0 Å². The Labute approximate surface area is 149 Å². The lowest BCUT2D eigenvalue weighted by molar-refractivity contribution is -0.914. The molecule has 0 spiro atoms. The number of nitrogens with one attached hydrogen (secondary N) is 1. The molecule has 4 rings (SSSR count). The van der Waals surface area contributed by atoms with E-state index in [1.54, 1.807) is 17.0 Å². The number of ether oxygens (including phenoxy) is 2. The Morgan fingerprint density at radius 1 is 1.04 bits per heavy atom. The quantitative estimate of drug-likeness (QED) is 0.837. The predicted octanol–water partition coefficient (Wildman–Crippen LogP) is 1.79. The minimum Gasteiger partial charge on any atom is -0.508 e. The van der Waals surface area contributed by atoms with Gasteiger partial charge in [0.25, 0.3) is 0 Å². The number of aromatic hydroxyl groups is 1. The fourth-order valence-electron chi connectivity index (χ4n) is 3.29. The van der Waals surface area contributed by atoms with Crippen molar-refractivity contribution in [2.75, 3.05) is 37.9 Å². The van der Waals surface area contributed by atoms with Crippen molar-refractivity contribution >= 4 is 21.6 Å². The van der Waals surface area contributed by atoms with Gasteiger partial charge >= 0.3 is 0 Å². The van der Waals surface area contributed by atoms with Gasteiger partial charge in [-0.25, -0.2) is 0 Å². The van der Waals surface area contributed by atoms with Crippen LogP contribution in [0, 0.1) is 0 Å². The SMILES string of the molecule is Oc1ccc(N2CC[NH+](Cc3cc4c(cc3Br)OCO4)CC2)cc1. The van der Waals surface area contributed by atoms with Crippen LogP contribution < -0.4 is 19.3 Å². The zero-order chi connectivity index (χ0) is 16.5. The van der Waals surface area contributed by atoms with E-state index in [0.717, 1.165) is 48.7 Å². The summed E-state index contributed by atoms with van der Waals surface area (Å²) in [4.78, 5) is 3.93. The number of phenols is 1. The number of halogens is 1. The minimum atomic E-state index is 0.309. The number of hydrogen-bond acceptors (Lipinski definition) is 4. The molecule has 0 bridgehead atoms. The molecular weight excluding hydrogens is 372 g/mol. The largest absolute Gasteiger partial charge is 0.508 e. The molecule has 0 unspecified atom stereocenters. The molecule has 5 nitrogen and oxygen atoms in total. The van der Waals surface area contributed by atoms with Crippen molar-refractivity contribution in [1.29, 1.82) is 0 Å². The Morgan fingerprint density at radius 2 is 1.71 bits per heavy atom. The second kappa shape index (κ2) is 6.53. The number of benzene rings is 2. The monoisotopic (exact) mass is 391 g/mol. The summed E-state index contributed by atoms with van der Waals surface area (Å²) in [5.74, 6) is 1.98. The van der Waals surface area contributed by atoms with E-state index in [-0.39, 0.29) is 0 Å². The van der Waals surface area contributed by atoms with Gasteiger partial charge in [-0.3, -0.25) is 0 Å². The molecule has 2 aliphatic rings. The standard InChI is InChI=1S/C18H19BrN2O3/c19-16-10-18-17(23-12-24-18)9-13(16)11-20-5-7-21(8-6-20)14-1-3-15(22)4-2-14/h1-4,9-10,22H,5-8,11-12H2/p+1. The molecule has 1 fully saturated rings. The Bertz CT molecular complexity index is 728. The summed E-state index contributed by atoms with van der Waals surface area (Å²) < 4.78 is 12.0. The van der Waals surface area contributed by atoms with Gasteiger partial charge in [-0.2, -0.15) is 0 Å². The fraction of sp³-hybridized carbons (Fsp3) is 0.333. The van der Waals surface area contributed by atoms with Gasteiger partial charge in [-0.05, 0) is 36.4 Å². The zero-order valence-electron chi connectivity index (χ0n) is 13.3. The Balaban J connectivity index is 1.39. The van der Waals surface area contributed by atoms with Crippen LogP contribution in [0.15, 0.2) is 40.9 Å². The zero-order valence-corrected chi connectivity index (χ0v) is 14.9. The van der Waals surface area contributed by atoms with Crippen LogP contribution in [0.2, 0.25) is 0 Å². The first-order chi connectivity index (χ1) is 11.7. The number of hydrogen-bond donors (Lipinski definition) is 2. The first-order valence-corrected chi connectivity index (χ1v) is 8.94. The van der Waals surface area contributed by atoms with Crippen molar-refractivity contribution in [3.8, 4) is 17.2 Å². The smallest absolute Gasteiger partial charge is 0.231 e. The summed E-state index contributed by atoms with van der Waals surface area (Å²) in [6, 6.07) is 11.6. The number of quaternary nitrogens is 1. The summed E-state index contributed by atoms with van der Waals surface area (Å²) >= 11 is 3.65. The molecule has 2 N–H and O–H groups in total. The predicted molar refractivity (Wildman–Crippen MR) is 95.0 cm³/mol. The third-order valence-electron chi connectivity index (χ3n) is 4.67. The topological polar surface area (TPSA) is 46.4 Å². The molecule has 2 aliphatic heterocycles. The van der Waals surface area contributed by atoms with E-state index < -0.39 is 0 Å². The molecule has 0 saturated carbocycles. The van der Waals surface area contributed by atoms with E-state index in [2.05, 4.69) is 26.9 Å². The number of phenolic OH excluding ortho intramolecular Hbond substituents is 1. The molecule has 0 aromatic heterocycles. The van der Waals surface area contributed by atoms with Crippen LogP contribution >= 0.6 is 15.9 Å². The number of rotatable bonds is 3. The lowest BCUT2D eigenvalue weighted by Gasteiger charge is -2.33. The van der Waals surface area contributed by atoms with Crippen LogP contribution in [0.25, 0.3) is 0 Å². The molecule has 1 saturated heterocycles. The molecule has 2 heterocycles. The molecule has 0 amide bonds. The summed E-state index contributed by atoms with van der Waals surface area (Å²) in [6.07, 6.45) is 0. The molecule has 0 atom stereocenters. The van der Waals surface area contributed by atoms with Crippen LogP contribution in [0.4, 0.5) is 5.69 Å². The number of piperazine rings is 1. The maximum atomic E-state index is 9.41. The molecule has 2 aromatic carbocycles. The first-order valence-electron chi connectivity index (χ1n) is 8.14. The summed E-state index contributed by atoms with van der Waals surface area (Å²) in [6.45, 7) is 5.48. The average Bonchev–Trinajstić information content (AvgIpc) is 3.04. The van der Waals surface area contributed by atoms with Gasteiger partial charge in [-0.1, -0.05) is 15.9 Å². The Hall–Kier alpha value is -1.92. The highest BCUT2D eigenvalue weighted by atomic mass is 79.9. The minimum absolute atomic E-state index is 0.309. The van der Waals surface area contributed by atoms with Crippen LogP contribution in [-0.4, -0.2) is 38.1 Å². The van der Waals surface area contributed by atoms with Crippen LogP contribution in [0.3, 0.4) is 0 Å². The number of fused-ring (bicyclic) bond motifs is 1. The van der Waals surface area contributed by atoms with Crippen molar-refractivity contribution in [2.45, 2.75) is 6.54 Å². The highest BCUT2D eigenvalue weighted by Gasteiger charge is 2.23. The second-order valence-corrected chi connectivity index (χ2v) is 7.08. The maximum absolute atomic E-state index is 9.41. The highest BCUT2D eigenvalue weighted by Crippen LogP contribution is 2.36. The molecule has 6 heteroatoms. The molecular formula is C18H20BrN2O3+. The molecule has 0 aliphatic carbocycles. The molecule has 2 aromatic rings. The first kappa shape index (κ1) is 15.6. The maximum Gasteiger partial charge on any atom is 0.231 e. The van der Waals surface area contributed by atoms with E-state index in [9.17, 15) is 5.11 Å². The molecule has 0 radical (unpaired) electrons. The molecule has 24 heavy (non-hydrogen) atoms. The van der Waals surface area contributed by atoms with Gasteiger partial charge in [0.2, 0.25) is 6.79 Å². The third-order valence-corrected chi connectivity index (χ3v) is 5.41. The summed E-state index contributed by atoms with van der Waals surface area (Å²) in [7, 11) is 0. The van der Waals surface area contributed by atoms with Gasteiger partial charge in [-0.15, -0.1) is 0 Å². The third kappa shape index (κ3) is 3.16. The van der Waals surface area contributed by atoms with Crippen molar-refractivity contribution in [2.24, 2.45) is 0 Å². The lowest BCUT2D eigenvalue weighted by Crippen LogP contribution is -3.13. The van der Waals surface area contributed by atoms with Crippen molar-refractivity contribution in [1.82, 2.24) is 0 Å². The van der Waals surface area contributed by atoms with Crippen LogP contribution in [0.1, 0.15) is 5.56 Å². The molecule has 126 valence electrons. The van der Waals surface area contributed by atoms with Gasteiger partial charge in [0.05, 0.1) is 26.2 Å². The van der Waals surface area contributed by atoms with E-state index in [1.165, 1.54) is 11.3 Å². The van der Waals surface area contributed by atoms with Crippen molar-refractivity contribution < 1.29 is 19.5 Å². The van der Waals surface area contributed by atoms with Gasteiger partial charge in [0.1, 0.15) is 12.3 Å². The second-order valence-electron chi connectivity index (χ2n) is 6.23. The van der Waals surface area contributed by atoms with E-state index in [4.69, 9.17) is 9.47 Å². The lowest BCUT2D eigenvalue weighted by atomic mass is 10.1. The van der Waals surface area contributed by atoms with Crippen LogP contribution in [0.5, 0.6) is 17.2 Å². The number of nitrogens with zero attached hydrogens (tertiary/aromatic N) is 1. The van der Waals surface area contributed by atoms with Crippen molar-refractivity contribution in [3.05, 3.63) is 46.4 Å². The Kier molecular flexibility index (Phi) is 4.24. The number of anilines is 1. The van der Waals surface area contributed by atoms with E-state index >= 15 is 0 Å². The Morgan fingerprint density at radius 3 is 2.42 bits per heavy atom. The summed E-state index contributed by atoms with van der Waals surface area (Å²) in [5, 5.41) is 9.41. The van der Waals surface area contributed by atoms with E-state index in [1.807, 2.05) is 18.2 Å². The highest BCUT2D eigenvalue weighted by molar-refractivity contribution is 9.10. The average molecular weight is 392 g/mol. The summed E-state index contributed by atoms with van der Waals surface area (Å²) in [5.41, 5.74) is 2.43. The fourth-order valence-corrected chi connectivity index (χ4v) is 3.75. The van der Waals surface area contributed by atoms with Gasteiger partial charge < -0.3 is 24.4 Å². The normalized spacial score (nSPS) is 17.3. The van der Waals surface area contributed by atoms with Gasteiger partial charge in [0.15, 0.2) is 11.5 Å². The van der Waals surface area contributed by atoms with Gasteiger partial charge in [0, 0.05) is 15.7 Å².